The first kappa shape index (κ1) is 43.4. The molecular weight excluding hydrogens is 785 g/mol. The van der Waals surface area contributed by atoms with Gasteiger partial charge in [-0.2, -0.15) is 4.31 Å². The van der Waals surface area contributed by atoms with E-state index in [4.69, 9.17) is 0 Å². The number of benzene rings is 5. The van der Waals surface area contributed by atoms with Crippen molar-refractivity contribution < 1.29 is 16.8 Å². The summed E-state index contributed by atoms with van der Waals surface area (Å²) >= 11 is 0. The van der Waals surface area contributed by atoms with Crippen LogP contribution in [-0.4, -0.2) is 94.6 Å². The third kappa shape index (κ3) is 9.29. The topological polar surface area (TPSA) is 90.0 Å². The summed E-state index contributed by atoms with van der Waals surface area (Å²) in [5.41, 5.74) is 4.56. The van der Waals surface area contributed by atoms with E-state index in [1.807, 2.05) is 80.6 Å². The Morgan fingerprint density at radius 3 is 1.62 bits per heavy atom. The maximum atomic E-state index is 14.6. The zero-order valence-electron chi connectivity index (χ0n) is 34.9. The van der Waals surface area contributed by atoms with Gasteiger partial charge in [-0.25, -0.2) is 16.8 Å². The fourth-order valence-electron chi connectivity index (χ4n) is 8.83. The minimum Gasteiger partial charge on any atom is -0.314 e. The molecule has 1 atom stereocenters. The second kappa shape index (κ2) is 19.4. The standard InChI is InChI=1S/C50H58N4O4S2/c1-42-23-27-47(28-24-42)59(55,56)49(31-13-6-14-32-49)41-52-35-15-16-36-53(39-40-54(38-34-51-33-37-52)60(57,58)48-29-25-43(2)26-30-48)50(44-17-7-3-8-18-44,45-19-9-4-10-20-45)46-21-11-5-12-22-46/h3-14,17-31,51H,15-16,32-41H2,1-2H3. The van der Waals surface area contributed by atoms with E-state index in [0.29, 0.717) is 57.1 Å². The number of allylic oxidation sites excluding steroid dienone is 3. The van der Waals surface area contributed by atoms with E-state index in [9.17, 15) is 16.8 Å². The number of nitrogens with one attached hydrogen (secondary N) is 1. The summed E-state index contributed by atoms with van der Waals surface area (Å²) in [7, 11) is -7.61. The highest BCUT2D eigenvalue weighted by Gasteiger charge is 2.45. The number of sulfonamides is 1. The summed E-state index contributed by atoms with van der Waals surface area (Å²) in [6, 6.07) is 45.9. The molecule has 0 radical (unpaired) electrons. The Hall–Kier alpha value is -4.68. The van der Waals surface area contributed by atoms with Crippen LogP contribution in [0.15, 0.2) is 174 Å². The molecule has 7 rings (SSSR count). The lowest BCUT2D eigenvalue weighted by Crippen LogP contribution is -2.52. The fourth-order valence-corrected chi connectivity index (χ4v) is 12.1. The molecule has 60 heavy (non-hydrogen) atoms. The third-order valence-electron chi connectivity index (χ3n) is 12.1. The molecule has 1 unspecified atom stereocenters. The van der Waals surface area contributed by atoms with Crippen molar-refractivity contribution >= 4 is 19.9 Å². The van der Waals surface area contributed by atoms with Gasteiger partial charge >= 0.3 is 0 Å². The van der Waals surface area contributed by atoms with Crippen molar-refractivity contribution in [3.05, 3.63) is 192 Å². The molecule has 8 nitrogen and oxygen atoms in total. The fraction of sp³-hybridized carbons (Fsp3) is 0.320. The lowest BCUT2D eigenvalue weighted by molar-refractivity contribution is 0.139. The Balaban J connectivity index is 1.28. The van der Waals surface area contributed by atoms with Gasteiger partial charge in [0.15, 0.2) is 9.84 Å². The number of aryl methyl sites for hydroxylation is 2. The third-order valence-corrected chi connectivity index (χ3v) is 16.4. The van der Waals surface area contributed by atoms with Crippen molar-refractivity contribution in [3.8, 4) is 0 Å². The van der Waals surface area contributed by atoms with Gasteiger partial charge in [0.25, 0.3) is 0 Å². The average Bonchev–Trinajstić information content (AvgIpc) is 3.27. The summed E-state index contributed by atoms with van der Waals surface area (Å²) in [6.07, 6.45) is 9.64. The van der Waals surface area contributed by atoms with E-state index in [1.54, 1.807) is 28.6 Å². The highest BCUT2D eigenvalue weighted by Crippen LogP contribution is 2.43. The normalized spacial score (nSPS) is 19.8. The molecule has 5 aromatic rings. The van der Waals surface area contributed by atoms with Gasteiger partial charge in [-0.3, -0.25) is 4.90 Å². The molecule has 0 aromatic heterocycles. The highest BCUT2D eigenvalue weighted by molar-refractivity contribution is 7.93. The molecule has 2 aliphatic rings. The van der Waals surface area contributed by atoms with E-state index in [2.05, 4.69) is 87.9 Å². The Bertz CT molecular complexity index is 2330. The van der Waals surface area contributed by atoms with Crippen LogP contribution in [-0.2, 0) is 25.4 Å². The molecular formula is C50H58N4O4S2. The second-order valence-electron chi connectivity index (χ2n) is 16.1. The van der Waals surface area contributed by atoms with E-state index >= 15 is 0 Å². The Kier molecular flexibility index (Phi) is 14.0. The van der Waals surface area contributed by atoms with Crippen LogP contribution in [0.5, 0.6) is 0 Å². The van der Waals surface area contributed by atoms with Crippen LogP contribution in [0.3, 0.4) is 0 Å². The van der Waals surface area contributed by atoms with E-state index in [-0.39, 0.29) is 18.0 Å². The number of nitrogens with zero attached hydrogens (tertiary/aromatic N) is 3. The lowest BCUT2D eigenvalue weighted by atomic mass is 9.75. The predicted molar refractivity (Wildman–Crippen MR) is 243 cm³/mol. The largest absolute Gasteiger partial charge is 0.314 e. The molecule has 0 bridgehead atoms. The van der Waals surface area contributed by atoms with Crippen LogP contribution < -0.4 is 5.32 Å². The van der Waals surface area contributed by atoms with E-state index < -0.39 is 30.1 Å². The number of hydrogen-bond acceptors (Lipinski definition) is 7. The highest BCUT2D eigenvalue weighted by atomic mass is 32.2. The molecule has 5 aromatic carbocycles. The second-order valence-corrected chi connectivity index (χ2v) is 20.3. The SMILES string of the molecule is Cc1ccc(S(=O)(=O)N2CCNCCN(CC3(S(=O)(=O)c4ccc(C)cc4)C=CC=CC3)CCCCN(C(c3ccccc3)(c3ccccc3)c3ccccc3)CC2)cc1. The van der Waals surface area contributed by atoms with E-state index in [0.717, 1.165) is 40.7 Å². The van der Waals surface area contributed by atoms with Crippen molar-refractivity contribution in [1.29, 1.82) is 0 Å². The molecule has 1 aliphatic heterocycles. The summed E-state index contributed by atoms with van der Waals surface area (Å²) in [6.45, 7) is 8.30. The summed E-state index contributed by atoms with van der Waals surface area (Å²) < 4.78 is 58.8. The van der Waals surface area contributed by atoms with Crippen LogP contribution in [0, 0.1) is 13.8 Å². The van der Waals surface area contributed by atoms with Crippen molar-refractivity contribution in [2.24, 2.45) is 0 Å². The maximum absolute atomic E-state index is 14.6. The van der Waals surface area contributed by atoms with Crippen LogP contribution in [0.1, 0.15) is 47.1 Å². The molecule has 0 saturated carbocycles. The smallest absolute Gasteiger partial charge is 0.243 e. The Labute approximate surface area is 358 Å². The minimum atomic E-state index is -3.85. The lowest BCUT2D eigenvalue weighted by Gasteiger charge is -2.46. The van der Waals surface area contributed by atoms with Crippen molar-refractivity contribution in [2.75, 3.05) is 58.9 Å². The van der Waals surface area contributed by atoms with Crippen LogP contribution in [0.4, 0.5) is 0 Å². The minimum absolute atomic E-state index is 0.276. The number of hydrogen-bond donors (Lipinski definition) is 1. The molecule has 10 heteroatoms. The van der Waals surface area contributed by atoms with E-state index in [1.165, 1.54) is 0 Å². The summed E-state index contributed by atoms with van der Waals surface area (Å²) in [4.78, 5) is 5.38. The summed E-state index contributed by atoms with van der Waals surface area (Å²) in [5.74, 6) is 0. The van der Waals surface area contributed by atoms with Crippen molar-refractivity contribution in [3.63, 3.8) is 0 Å². The zero-order chi connectivity index (χ0) is 42.1. The molecule has 314 valence electrons. The van der Waals surface area contributed by atoms with Gasteiger partial charge in [-0.15, -0.1) is 0 Å². The first-order chi connectivity index (χ1) is 29.1. The average molecular weight is 843 g/mol. The van der Waals surface area contributed by atoms with Gasteiger partial charge in [0.05, 0.1) is 15.3 Å². The van der Waals surface area contributed by atoms with Gasteiger partial charge in [0, 0.05) is 45.8 Å². The Morgan fingerprint density at radius 2 is 1.08 bits per heavy atom. The first-order valence-electron chi connectivity index (χ1n) is 21.1. The zero-order valence-corrected chi connectivity index (χ0v) is 36.5. The molecule has 1 heterocycles. The van der Waals surface area contributed by atoms with Gasteiger partial charge < -0.3 is 10.2 Å². The van der Waals surface area contributed by atoms with Gasteiger partial charge in [-0.05, 0) is 87.2 Å². The van der Waals surface area contributed by atoms with Gasteiger partial charge in [0.2, 0.25) is 10.0 Å². The number of rotatable bonds is 10. The quantitative estimate of drug-likeness (QED) is 0.143. The van der Waals surface area contributed by atoms with Crippen molar-refractivity contribution in [1.82, 2.24) is 19.4 Å². The van der Waals surface area contributed by atoms with Gasteiger partial charge in [-0.1, -0.05) is 151 Å². The molecule has 1 fully saturated rings. The maximum Gasteiger partial charge on any atom is 0.243 e. The monoisotopic (exact) mass is 842 g/mol. The molecule has 0 spiro atoms. The first-order valence-corrected chi connectivity index (χ1v) is 24.1. The number of sulfone groups is 1. The molecule has 1 N–H and O–H groups in total. The van der Waals surface area contributed by atoms with Crippen molar-refractivity contribution in [2.45, 2.75) is 53.2 Å². The van der Waals surface area contributed by atoms with Gasteiger partial charge in [0.1, 0.15) is 4.75 Å². The molecule has 1 aliphatic carbocycles. The van der Waals surface area contributed by atoms with Crippen LogP contribution >= 0.6 is 0 Å². The molecule has 0 amide bonds. The summed E-state index contributed by atoms with van der Waals surface area (Å²) in [5, 5.41) is 3.53. The van der Waals surface area contributed by atoms with Crippen LogP contribution in [0.2, 0.25) is 0 Å². The Morgan fingerprint density at radius 1 is 0.567 bits per heavy atom. The van der Waals surface area contributed by atoms with Crippen LogP contribution in [0.25, 0.3) is 0 Å². The predicted octanol–water partition coefficient (Wildman–Crippen LogP) is 8.00. The molecule has 1 saturated heterocycles.